The van der Waals surface area contributed by atoms with Gasteiger partial charge in [-0.2, -0.15) is 0 Å². The second-order valence-electron chi connectivity index (χ2n) is 4.69. The van der Waals surface area contributed by atoms with E-state index < -0.39 is 0 Å². The smallest absolute Gasteiger partial charge is 0.127 e. The van der Waals surface area contributed by atoms with Gasteiger partial charge in [-0.05, 0) is 36.6 Å². The van der Waals surface area contributed by atoms with E-state index in [2.05, 4.69) is 29.2 Å². The molecular formula is C15H18N2O. The molecule has 0 spiro atoms. The van der Waals surface area contributed by atoms with E-state index in [1.54, 1.807) is 6.26 Å². The Kier molecular flexibility index (Phi) is 3.07. The van der Waals surface area contributed by atoms with E-state index in [-0.39, 0.29) is 6.04 Å². The minimum absolute atomic E-state index is 0.140. The molecule has 0 amide bonds. The van der Waals surface area contributed by atoms with Gasteiger partial charge >= 0.3 is 0 Å². The van der Waals surface area contributed by atoms with Crippen LogP contribution in [0.3, 0.4) is 0 Å². The Hall–Kier alpha value is -1.74. The molecule has 3 nitrogen and oxygen atoms in total. The molecule has 0 saturated heterocycles. The average molecular weight is 242 g/mol. The Morgan fingerprint density at radius 1 is 1.22 bits per heavy atom. The molecule has 0 fully saturated rings. The number of nitrogens with two attached hydrogens (primary N) is 1. The summed E-state index contributed by atoms with van der Waals surface area (Å²) in [4.78, 5) is 2.37. The van der Waals surface area contributed by atoms with Crippen LogP contribution >= 0.6 is 0 Å². The topological polar surface area (TPSA) is 42.4 Å². The SMILES string of the molecule is NCC(c1ccco1)N1CCCc2ccccc21. The van der Waals surface area contributed by atoms with E-state index >= 15 is 0 Å². The summed E-state index contributed by atoms with van der Waals surface area (Å²) in [5.41, 5.74) is 8.66. The van der Waals surface area contributed by atoms with Crippen LogP contribution in [-0.4, -0.2) is 13.1 Å². The van der Waals surface area contributed by atoms with Crippen molar-refractivity contribution in [2.75, 3.05) is 18.0 Å². The van der Waals surface area contributed by atoms with Crippen LogP contribution in [0.15, 0.2) is 47.1 Å². The fourth-order valence-electron chi connectivity index (χ4n) is 2.76. The monoisotopic (exact) mass is 242 g/mol. The second kappa shape index (κ2) is 4.86. The average Bonchev–Trinajstić information content (AvgIpc) is 2.94. The summed E-state index contributed by atoms with van der Waals surface area (Å²) in [5.74, 6) is 0.953. The number of hydrogen-bond donors (Lipinski definition) is 1. The van der Waals surface area contributed by atoms with Crippen molar-refractivity contribution in [2.45, 2.75) is 18.9 Å². The van der Waals surface area contributed by atoms with Crippen molar-refractivity contribution in [2.24, 2.45) is 5.73 Å². The van der Waals surface area contributed by atoms with Crippen molar-refractivity contribution in [1.29, 1.82) is 0 Å². The highest BCUT2D eigenvalue weighted by atomic mass is 16.3. The van der Waals surface area contributed by atoms with E-state index in [0.29, 0.717) is 6.54 Å². The third-order valence-corrected chi connectivity index (χ3v) is 3.62. The lowest BCUT2D eigenvalue weighted by Gasteiger charge is -2.36. The normalized spacial score (nSPS) is 16.4. The van der Waals surface area contributed by atoms with Gasteiger partial charge in [-0.3, -0.25) is 0 Å². The molecule has 3 rings (SSSR count). The fraction of sp³-hybridized carbons (Fsp3) is 0.333. The molecule has 1 aromatic heterocycles. The van der Waals surface area contributed by atoms with Crippen molar-refractivity contribution in [3.63, 3.8) is 0 Å². The molecule has 0 bridgehead atoms. The Morgan fingerprint density at radius 3 is 2.89 bits per heavy atom. The van der Waals surface area contributed by atoms with Gasteiger partial charge in [0.25, 0.3) is 0 Å². The van der Waals surface area contributed by atoms with Gasteiger partial charge in [-0.15, -0.1) is 0 Å². The summed E-state index contributed by atoms with van der Waals surface area (Å²) in [6, 6.07) is 12.7. The van der Waals surface area contributed by atoms with Gasteiger partial charge in [0.1, 0.15) is 5.76 Å². The first-order chi connectivity index (χ1) is 8.90. The summed E-state index contributed by atoms with van der Waals surface area (Å²) in [6.45, 7) is 1.61. The van der Waals surface area contributed by atoms with Crippen LogP contribution in [0.2, 0.25) is 0 Å². The van der Waals surface area contributed by atoms with Crippen LogP contribution < -0.4 is 10.6 Å². The van der Waals surface area contributed by atoms with Gasteiger partial charge in [0, 0.05) is 18.8 Å². The van der Waals surface area contributed by atoms with Crippen molar-refractivity contribution >= 4 is 5.69 Å². The molecule has 1 atom stereocenters. The molecule has 94 valence electrons. The van der Waals surface area contributed by atoms with E-state index in [4.69, 9.17) is 10.2 Å². The Balaban J connectivity index is 1.97. The molecule has 2 heterocycles. The zero-order valence-corrected chi connectivity index (χ0v) is 10.4. The first kappa shape index (κ1) is 11.4. The second-order valence-corrected chi connectivity index (χ2v) is 4.69. The number of para-hydroxylation sites is 1. The number of furan rings is 1. The standard InChI is InChI=1S/C15H18N2O/c16-11-14(15-8-4-10-18-15)17-9-3-6-12-5-1-2-7-13(12)17/h1-2,4-5,7-8,10,14H,3,6,9,11,16H2. The first-order valence-electron chi connectivity index (χ1n) is 6.48. The molecular weight excluding hydrogens is 224 g/mol. The summed E-state index contributed by atoms with van der Waals surface area (Å²) < 4.78 is 5.53. The minimum Gasteiger partial charge on any atom is -0.467 e. The lowest BCUT2D eigenvalue weighted by Crippen LogP contribution is -2.37. The van der Waals surface area contributed by atoms with Gasteiger partial charge in [-0.1, -0.05) is 18.2 Å². The van der Waals surface area contributed by atoms with Crippen LogP contribution in [-0.2, 0) is 6.42 Å². The summed E-state index contributed by atoms with van der Waals surface area (Å²) >= 11 is 0. The molecule has 2 N–H and O–H groups in total. The summed E-state index contributed by atoms with van der Waals surface area (Å²) in [6.07, 6.45) is 4.05. The number of benzene rings is 1. The van der Waals surface area contributed by atoms with Gasteiger partial charge < -0.3 is 15.1 Å². The van der Waals surface area contributed by atoms with E-state index in [0.717, 1.165) is 18.7 Å². The van der Waals surface area contributed by atoms with Crippen molar-refractivity contribution in [3.05, 3.63) is 54.0 Å². The molecule has 0 aliphatic carbocycles. The van der Waals surface area contributed by atoms with Crippen LogP contribution in [0.25, 0.3) is 0 Å². The predicted octanol–water partition coefficient (Wildman–Crippen LogP) is 2.73. The number of aryl methyl sites for hydroxylation is 1. The molecule has 18 heavy (non-hydrogen) atoms. The van der Waals surface area contributed by atoms with E-state index in [1.807, 2.05) is 12.1 Å². The van der Waals surface area contributed by atoms with Gasteiger partial charge in [0.05, 0.1) is 12.3 Å². The van der Waals surface area contributed by atoms with Gasteiger partial charge in [0.15, 0.2) is 0 Å². The summed E-state index contributed by atoms with van der Waals surface area (Å²) in [5, 5.41) is 0. The largest absolute Gasteiger partial charge is 0.467 e. The highest BCUT2D eigenvalue weighted by Gasteiger charge is 2.25. The highest BCUT2D eigenvalue weighted by molar-refractivity contribution is 5.56. The minimum atomic E-state index is 0.140. The number of nitrogens with zero attached hydrogens (tertiary/aromatic N) is 1. The summed E-state index contributed by atoms with van der Waals surface area (Å²) in [7, 11) is 0. The lowest BCUT2D eigenvalue weighted by atomic mass is 9.99. The quantitative estimate of drug-likeness (QED) is 0.900. The number of rotatable bonds is 3. The maximum atomic E-state index is 5.95. The molecule has 0 saturated carbocycles. The van der Waals surface area contributed by atoms with Crippen LogP contribution in [0, 0.1) is 0 Å². The third kappa shape index (κ3) is 1.91. The molecule has 1 aromatic carbocycles. The zero-order valence-electron chi connectivity index (χ0n) is 10.4. The Labute approximate surface area is 107 Å². The van der Waals surface area contributed by atoms with Crippen molar-refractivity contribution < 1.29 is 4.42 Å². The number of fused-ring (bicyclic) bond motifs is 1. The molecule has 3 heteroatoms. The Bertz CT molecular complexity index is 507. The van der Waals surface area contributed by atoms with E-state index in [1.165, 1.54) is 17.7 Å². The zero-order chi connectivity index (χ0) is 12.4. The van der Waals surface area contributed by atoms with Crippen molar-refractivity contribution in [3.8, 4) is 0 Å². The highest BCUT2D eigenvalue weighted by Crippen LogP contribution is 2.33. The Morgan fingerprint density at radius 2 is 2.11 bits per heavy atom. The molecule has 0 radical (unpaired) electrons. The molecule has 2 aromatic rings. The van der Waals surface area contributed by atoms with Gasteiger partial charge in [-0.25, -0.2) is 0 Å². The third-order valence-electron chi connectivity index (χ3n) is 3.62. The molecule has 1 aliphatic rings. The van der Waals surface area contributed by atoms with Gasteiger partial charge in [0.2, 0.25) is 0 Å². The van der Waals surface area contributed by atoms with E-state index in [9.17, 15) is 0 Å². The molecule has 1 unspecified atom stereocenters. The fourth-order valence-corrected chi connectivity index (χ4v) is 2.76. The number of anilines is 1. The first-order valence-corrected chi connectivity index (χ1v) is 6.48. The van der Waals surface area contributed by atoms with Crippen LogP contribution in [0.1, 0.15) is 23.8 Å². The molecule has 1 aliphatic heterocycles. The maximum Gasteiger partial charge on any atom is 0.127 e. The predicted molar refractivity (Wildman–Crippen MR) is 72.6 cm³/mol. The van der Waals surface area contributed by atoms with Crippen LogP contribution in [0.4, 0.5) is 5.69 Å². The van der Waals surface area contributed by atoms with Crippen molar-refractivity contribution in [1.82, 2.24) is 0 Å². The lowest BCUT2D eigenvalue weighted by molar-refractivity contribution is 0.444. The maximum absolute atomic E-state index is 5.95. The number of hydrogen-bond acceptors (Lipinski definition) is 3. The van der Waals surface area contributed by atoms with Crippen LogP contribution in [0.5, 0.6) is 0 Å².